The van der Waals surface area contributed by atoms with E-state index in [4.69, 9.17) is 0 Å². The average molecular weight is 296 g/mol. The quantitative estimate of drug-likeness (QED) is 0.847. The zero-order valence-electron chi connectivity index (χ0n) is 13.1. The van der Waals surface area contributed by atoms with Crippen molar-refractivity contribution in [3.8, 4) is 0 Å². The third-order valence-electron chi connectivity index (χ3n) is 3.42. The Hall–Kier alpha value is -2.62. The number of carbonyl (C=O) groups is 2. The zero-order chi connectivity index (χ0) is 16.1. The molecule has 22 heavy (non-hydrogen) atoms. The first-order valence-corrected chi connectivity index (χ1v) is 7.18. The second-order valence-corrected chi connectivity index (χ2v) is 5.37. The van der Waals surface area contributed by atoms with E-state index in [-0.39, 0.29) is 18.4 Å². The van der Waals surface area contributed by atoms with Crippen LogP contribution in [0.1, 0.15) is 27.0 Å². The van der Waals surface area contributed by atoms with Crippen molar-refractivity contribution in [2.45, 2.75) is 20.8 Å². The fourth-order valence-electron chi connectivity index (χ4n) is 2.42. The van der Waals surface area contributed by atoms with Gasteiger partial charge in [-0.1, -0.05) is 48.0 Å². The summed E-state index contributed by atoms with van der Waals surface area (Å²) >= 11 is 0. The lowest BCUT2D eigenvalue weighted by Crippen LogP contribution is -2.33. The van der Waals surface area contributed by atoms with E-state index in [9.17, 15) is 9.59 Å². The maximum Gasteiger partial charge on any atom is 0.319 e. The summed E-state index contributed by atoms with van der Waals surface area (Å²) in [7, 11) is 0. The molecule has 0 saturated heterocycles. The SMILES string of the molecule is Cc1cc(C)c(NC(=O)NCC(=O)c2ccccc2)c(C)c1. The summed E-state index contributed by atoms with van der Waals surface area (Å²) in [5.41, 5.74) is 4.53. The molecule has 0 aliphatic rings. The summed E-state index contributed by atoms with van der Waals surface area (Å²) < 4.78 is 0. The topological polar surface area (TPSA) is 58.2 Å². The molecule has 2 aromatic carbocycles. The molecule has 4 nitrogen and oxygen atoms in total. The molecular weight excluding hydrogens is 276 g/mol. The van der Waals surface area contributed by atoms with Crippen LogP contribution in [0.4, 0.5) is 10.5 Å². The molecule has 0 aromatic heterocycles. The number of carbonyl (C=O) groups excluding carboxylic acids is 2. The molecule has 4 heteroatoms. The van der Waals surface area contributed by atoms with Gasteiger partial charge in [0.1, 0.15) is 0 Å². The van der Waals surface area contributed by atoms with E-state index in [1.54, 1.807) is 24.3 Å². The van der Waals surface area contributed by atoms with Crippen LogP contribution in [0.15, 0.2) is 42.5 Å². The number of aryl methyl sites for hydroxylation is 3. The van der Waals surface area contributed by atoms with Gasteiger partial charge in [-0.25, -0.2) is 4.79 Å². The smallest absolute Gasteiger partial charge is 0.319 e. The lowest BCUT2D eigenvalue weighted by Gasteiger charge is -2.13. The summed E-state index contributed by atoms with van der Waals surface area (Å²) in [6.45, 7) is 5.89. The molecule has 0 bridgehead atoms. The molecule has 0 aliphatic carbocycles. The number of urea groups is 1. The highest BCUT2D eigenvalue weighted by molar-refractivity contribution is 6.00. The minimum absolute atomic E-state index is 0.0280. The van der Waals surface area contributed by atoms with Crippen LogP contribution in [0.3, 0.4) is 0 Å². The molecule has 0 saturated carbocycles. The predicted molar refractivity (Wildman–Crippen MR) is 88.4 cm³/mol. The molecule has 0 atom stereocenters. The van der Waals surface area contributed by atoms with E-state index in [0.29, 0.717) is 5.56 Å². The minimum atomic E-state index is -0.376. The third-order valence-corrected chi connectivity index (χ3v) is 3.42. The highest BCUT2D eigenvalue weighted by atomic mass is 16.2. The van der Waals surface area contributed by atoms with Crippen molar-refractivity contribution >= 4 is 17.5 Å². The third kappa shape index (κ3) is 3.95. The molecule has 2 aromatic rings. The van der Waals surface area contributed by atoms with Gasteiger partial charge in [-0.05, 0) is 31.9 Å². The molecule has 2 rings (SSSR count). The number of amides is 2. The first-order valence-electron chi connectivity index (χ1n) is 7.18. The van der Waals surface area contributed by atoms with Crippen LogP contribution < -0.4 is 10.6 Å². The monoisotopic (exact) mass is 296 g/mol. The normalized spacial score (nSPS) is 10.1. The average Bonchev–Trinajstić information content (AvgIpc) is 2.49. The van der Waals surface area contributed by atoms with Gasteiger partial charge in [-0.3, -0.25) is 4.79 Å². The summed E-state index contributed by atoms with van der Waals surface area (Å²) in [4.78, 5) is 23.9. The van der Waals surface area contributed by atoms with Crippen LogP contribution in [0.2, 0.25) is 0 Å². The molecule has 0 heterocycles. The highest BCUT2D eigenvalue weighted by Crippen LogP contribution is 2.21. The standard InChI is InChI=1S/C18H20N2O2/c1-12-9-13(2)17(14(3)10-12)20-18(22)19-11-16(21)15-7-5-4-6-8-15/h4-10H,11H2,1-3H3,(H2,19,20,22). The van der Waals surface area contributed by atoms with Gasteiger partial charge in [0.25, 0.3) is 0 Å². The molecule has 0 spiro atoms. The van der Waals surface area contributed by atoms with Crippen molar-refractivity contribution in [2.75, 3.05) is 11.9 Å². The van der Waals surface area contributed by atoms with Crippen LogP contribution in [0.5, 0.6) is 0 Å². The van der Waals surface area contributed by atoms with Gasteiger partial charge in [0, 0.05) is 11.3 Å². The van der Waals surface area contributed by atoms with Gasteiger partial charge < -0.3 is 10.6 Å². The van der Waals surface area contributed by atoms with Crippen LogP contribution in [0, 0.1) is 20.8 Å². The summed E-state index contributed by atoms with van der Waals surface area (Å²) in [5, 5.41) is 5.41. The van der Waals surface area contributed by atoms with Gasteiger partial charge in [-0.15, -0.1) is 0 Å². The van der Waals surface area contributed by atoms with Crippen molar-refractivity contribution in [3.63, 3.8) is 0 Å². The van der Waals surface area contributed by atoms with E-state index < -0.39 is 0 Å². The van der Waals surface area contributed by atoms with Gasteiger partial charge in [0.15, 0.2) is 5.78 Å². The van der Waals surface area contributed by atoms with Crippen LogP contribution in [-0.2, 0) is 0 Å². The Morgan fingerprint density at radius 3 is 2.14 bits per heavy atom. The van der Waals surface area contributed by atoms with E-state index in [0.717, 1.165) is 22.4 Å². The summed E-state index contributed by atoms with van der Waals surface area (Å²) in [6, 6.07) is 12.6. The molecule has 0 radical (unpaired) electrons. The maximum atomic E-state index is 12.0. The largest absolute Gasteiger partial charge is 0.330 e. The van der Waals surface area contributed by atoms with E-state index >= 15 is 0 Å². The minimum Gasteiger partial charge on any atom is -0.330 e. The van der Waals surface area contributed by atoms with Crippen molar-refractivity contribution in [1.82, 2.24) is 5.32 Å². The molecule has 0 unspecified atom stereocenters. The first kappa shape index (κ1) is 15.8. The lowest BCUT2D eigenvalue weighted by atomic mass is 10.1. The van der Waals surface area contributed by atoms with Crippen LogP contribution in [-0.4, -0.2) is 18.4 Å². The Labute approximate surface area is 130 Å². The number of anilines is 1. The van der Waals surface area contributed by atoms with Crippen molar-refractivity contribution in [2.24, 2.45) is 0 Å². The number of nitrogens with one attached hydrogen (secondary N) is 2. The Balaban J connectivity index is 1.95. The first-order chi connectivity index (χ1) is 10.5. The van der Waals surface area contributed by atoms with E-state index in [1.165, 1.54) is 0 Å². The maximum absolute atomic E-state index is 12.0. The molecule has 0 aliphatic heterocycles. The number of benzene rings is 2. The van der Waals surface area contributed by atoms with Crippen molar-refractivity contribution in [3.05, 3.63) is 64.7 Å². The summed E-state index contributed by atoms with van der Waals surface area (Å²) in [5.74, 6) is -0.117. The van der Waals surface area contributed by atoms with Crippen LogP contribution >= 0.6 is 0 Å². The summed E-state index contributed by atoms with van der Waals surface area (Å²) in [6.07, 6.45) is 0. The highest BCUT2D eigenvalue weighted by Gasteiger charge is 2.10. The Morgan fingerprint density at radius 1 is 0.955 bits per heavy atom. The number of hydrogen-bond donors (Lipinski definition) is 2. The van der Waals surface area contributed by atoms with Crippen molar-refractivity contribution in [1.29, 1.82) is 0 Å². The second-order valence-electron chi connectivity index (χ2n) is 5.37. The van der Waals surface area contributed by atoms with Gasteiger partial charge >= 0.3 is 6.03 Å². The lowest BCUT2D eigenvalue weighted by molar-refractivity contribution is 0.0993. The zero-order valence-corrected chi connectivity index (χ0v) is 13.1. The number of hydrogen-bond acceptors (Lipinski definition) is 2. The molecular formula is C18H20N2O2. The van der Waals surface area contributed by atoms with E-state index in [2.05, 4.69) is 10.6 Å². The number of ketones is 1. The second kappa shape index (κ2) is 6.89. The van der Waals surface area contributed by atoms with E-state index in [1.807, 2.05) is 39.0 Å². The number of rotatable bonds is 4. The van der Waals surface area contributed by atoms with Gasteiger partial charge in [0.2, 0.25) is 0 Å². The van der Waals surface area contributed by atoms with Gasteiger partial charge in [-0.2, -0.15) is 0 Å². The molecule has 114 valence electrons. The predicted octanol–water partition coefficient (Wildman–Crippen LogP) is 3.62. The number of Topliss-reactive ketones (excluding diaryl/α,β-unsaturated/α-hetero) is 1. The molecule has 0 fully saturated rings. The Bertz CT molecular complexity index is 670. The van der Waals surface area contributed by atoms with Crippen molar-refractivity contribution < 1.29 is 9.59 Å². The van der Waals surface area contributed by atoms with Crippen LogP contribution in [0.25, 0.3) is 0 Å². The molecule has 2 N–H and O–H groups in total. The fraction of sp³-hybridized carbons (Fsp3) is 0.222. The Kier molecular flexibility index (Phi) is 4.94. The Morgan fingerprint density at radius 2 is 1.55 bits per heavy atom. The fourth-order valence-corrected chi connectivity index (χ4v) is 2.42. The molecule has 2 amide bonds. The van der Waals surface area contributed by atoms with Gasteiger partial charge in [0.05, 0.1) is 6.54 Å².